The molecule has 1 fully saturated rings. The molecule has 2 aromatic rings. The Labute approximate surface area is 134 Å². The summed E-state index contributed by atoms with van der Waals surface area (Å²) in [5.41, 5.74) is 0.465. The van der Waals surface area contributed by atoms with E-state index < -0.39 is 4.92 Å². The number of nitrogens with two attached hydrogens (primary N) is 1. The average Bonchev–Trinajstić information content (AvgIpc) is 2.83. The number of nitrogens with zero attached hydrogens (tertiary/aromatic N) is 4. The van der Waals surface area contributed by atoms with Crippen molar-refractivity contribution >= 4 is 33.1 Å². The molecule has 0 saturated carbocycles. The number of hydrogen-bond acceptors (Lipinski definition) is 7. The molecule has 2 heterocycles. The van der Waals surface area contributed by atoms with Gasteiger partial charge in [0.2, 0.25) is 5.91 Å². The number of piperazine rings is 1. The first-order valence-electron chi connectivity index (χ1n) is 7.01. The van der Waals surface area contributed by atoms with E-state index in [2.05, 4.69) is 0 Å². The quantitative estimate of drug-likeness (QED) is 0.478. The van der Waals surface area contributed by atoms with Crippen molar-refractivity contribution < 1.29 is 9.72 Å². The molecule has 0 atom stereocenters. The lowest BCUT2D eigenvalue weighted by atomic mass is 10.3. The Kier molecular flexibility index (Phi) is 4.11. The number of hydrazine groups is 1. The summed E-state index contributed by atoms with van der Waals surface area (Å²) in [6.07, 6.45) is 0. The number of thiazole rings is 1. The number of carbonyl (C=O) groups is 1. The highest BCUT2D eigenvalue weighted by atomic mass is 32.1. The van der Waals surface area contributed by atoms with Crippen LogP contribution in [0.15, 0.2) is 23.0 Å². The zero-order valence-electron chi connectivity index (χ0n) is 12.2. The first-order chi connectivity index (χ1) is 11.0. The van der Waals surface area contributed by atoms with Gasteiger partial charge >= 0.3 is 4.87 Å². The number of benzene rings is 1. The van der Waals surface area contributed by atoms with Gasteiger partial charge in [0.05, 0.1) is 15.1 Å². The van der Waals surface area contributed by atoms with Gasteiger partial charge in [-0.05, 0) is 6.07 Å². The standard InChI is InChI=1S/C13H15N5O4S/c14-16-5-3-15(4-6-16)12(19)8-17-10-2-1-9(18(21)22)7-11(10)23-13(17)20/h1-2,7H,3-6,8,14H2. The second-order valence-corrected chi connectivity index (χ2v) is 6.27. The number of non-ortho nitro benzene ring substituents is 1. The fraction of sp³-hybridized carbons (Fsp3) is 0.385. The van der Waals surface area contributed by atoms with Crippen molar-refractivity contribution in [2.24, 2.45) is 5.84 Å². The van der Waals surface area contributed by atoms with Crippen LogP contribution < -0.4 is 10.7 Å². The van der Waals surface area contributed by atoms with Gasteiger partial charge in [0, 0.05) is 38.3 Å². The molecular formula is C13H15N5O4S. The van der Waals surface area contributed by atoms with E-state index in [-0.39, 0.29) is 23.0 Å². The Balaban J connectivity index is 1.85. The third-order valence-corrected chi connectivity index (χ3v) is 4.76. The molecule has 23 heavy (non-hydrogen) atoms. The lowest BCUT2D eigenvalue weighted by Crippen LogP contribution is -2.52. The molecule has 0 radical (unpaired) electrons. The van der Waals surface area contributed by atoms with Gasteiger partial charge in [-0.25, -0.2) is 5.01 Å². The Bertz CT molecular complexity index is 821. The number of aromatic nitrogens is 1. The first kappa shape index (κ1) is 15.6. The zero-order chi connectivity index (χ0) is 16.6. The fourth-order valence-electron chi connectivity index (χ4n) is 2.52. The number of amides is 1. The molecule has 10 heteroatoms. The largest absolute Gasteiger partial charge is 0.338 e. The van der Waals surface area contributed by atoms with Crippen LogP contribution >= 0.6 is 11.3 Å². The maximum absolute atomic E-state index is 12.3. The van der Waals surface area contributed by atoms with E-state index in [1.54, 1.807) is 9.91 Å². The summed E-state index contributed by atoms with van der Waals surface area (Å²) < 4.78 is 1.87. The van der Waals surface area contributed by atoms with Crippen LogP contribution in [0, 0.1) is 10.1 Å². The highest BCUT2D eigenvalue weighted by molar-refractivity contribution is 7.16. The lowest BCUT2D eigenvalue weighted by molar-refractivity contribution is -0.384. The summed E-state index contributed by atoms with van der Waals surface area (Å²) in [4.78, 5) is 36.1. The Morgan fingerprint density at radius 3 is 2.65 bits per heavy atom. The van der Waals surface area contributed by atoms with E-state index in [9.17, 15) is 19.7 Å². The van der Waals surface area contributed by atoms with E-state index >= 15 is 0 Å². The van der Waals surface area contributed by atoms with Crippen molar-refractivity contribution in [3.8, 4) is 0 Å². The molecule has 0 unspecified atom stereocenters. The molecule has 1 aliphatic heterocycles. The number of nitro groups is 1. The monoisotopic (exact) mass is 337 g/mol. The summed E-state index contributed by atoms with van der Waals surface area (Å²) in [7, 11) is 0. The minimum Gasteiger partial charge on any atom is -0.338 e. The molecule has 122 valence electrons. The van der Waals surface area contributed by atoms with E-state index in [4.69, 9.17) is 5.84 Å². The van der Waals surface area contributed by atoms with Crippen molar-refractivity contribution in [2.45, 2.75) is 6.54 Å². The summed E-state index contributed by atoms with van der Waals surface area (Å²) in [5, 5.41) is 12.4. The number of hydrogen-bond donors (Lipinski definition) is 1. The molecule has 1 aromatic carbocycles. The normalized spacial score (nSPS) is 16.0. The van der Waals surface area contributed by atoms with Crippen LogP contribution in [-0.2, 0) is 11.3 Å². The predicted molar refractivity (Wildman–Crippen MR) is 85.1 cm³/mol. The van der Waals surface area contributed by atoms with E-state index in [0.29, 0.717) is 36.4 Å². The van der Waals surface area contributed by atoms with Crippen LogP contribution in [0.3, 0.4) is 0 Å². The smallest absolute Gasteiger partial charge is 0.308 e. The highest BCUT2D eigenvalue weighted by Gasteiger charge is 2.21. The van der Waals surface area contributed by atoms with Gasteiger partial charge in [-0.2, -0.15) is 0 Å². The van der Waals surface area contributed by atoms with Crippen molar-refractivity contribution in [3.05, 3.63) is 38.0 Å². The van der Waals surface area contributed by atoms with Gasteiger partial charge in [-0.1, -0.05) is 11.3 Å². The molecule has 1 saturated heterocycles. The van der Waals surface area contributed by atoms with Gasteiger partial charge in [-0.3, -0.25) is 30.1 Å². The maximum atomic E-state index is 12.3. The van der Waals surface area contributed by atoms with Crippen LogP contribution in [0.4, 0.5) is 5.69 Å². The fourth-order valence-corrected chi connectivity index (χ4v) is 3.45. The molecule has 0 spiro atoms. The van der Waals surface area contributed by atoms with Crippen LogP contribution in [0.25, 0.3) is 10.2 Å². The number of rotatable bonds is 3. The van der Waals surface area contributed by atoms with E-state index in [1.807, 2.05) is 0 Å². The highest BCUT2D eigenvalue weighted by Crippen LogP contribution is 2.23. The van der Waals surface area contributed by atoms with Crippen LogP contribution in [0.5, 0.6) is 0 Å². The molecule has 9 nitrogen and oxygen atoms in total. The molecule has 2 N–H and O–H groups in total. The third-order valence-electron chi connectivity index (χ3n) is 3.82. The third kappa shape index (κ3) is 3.09. The van der Waals surface area contributed by atoms with E-state index in [1.165, 1.54) is 22.8 Å². The minimum absolute atomic E-state index is 0.0682. The van der Waals surface area contributed by atoms with Crippen molar-refractivity contribution in [1.29, 1.82) is 0 Å². The van der Waals surface area contributed by atoms with Crippen LogP contribution in [0.1, 0.15) is 0 Å². The van der Waals surface area contributed by atoms with Crippen LogP contribution in [0.2, 0.25) is 0 Å². The van der Waals surface area contributed by atoms with Gasteiger partial charge in [0.1, 0.15) is 6.54 Å². The zero-order valence-corrected chi connectivity index (χ0v) is 13.0. The van der Waals surface area contributed by atoms with Crippen molar-refractivity contribution in [2.75, 3.05) is 26.2 Å². The van der Waals surface area contributed by atoms with Gasteiger partial charge < -0.3 is 4.90 Å². The van der Waals surface area contributed by atoms with Gasteiger partial charge in [0.15, 0.2) is 0 Å². The lowest BCUT2D eigenvalue weighted by Gasteiger charge is -2.32. The van der Waals surface area contributed by atoms with Crippen molar-refractivity contribution in [1.82, 2.24) is 14.5 Å². The summed E-state index contributed by atoms with van der Waals surface area (Å²) in [5.74, 6) is 5.50. The molecule has 1 amide bonds. The second kappa shape index (κ2) is 6.07. The molecule has 1 aromatic heterocycles. The molecule has 0 bridgehead atoms. The average molecular weight is 337 g/mol. The molecule has 3 rings (SSSR count). The second-order valence-electron chi connectivity index (χ2n) is 5.28. The number of nitro benzene ring substituents is 1. The summed E-state index contributed by atoms with van der Waals surface area (Å²) in [6.45, 7) is 2.17. The molecule has 1 aliphatic rings. The molecule has 0 aliphatic carbocycles. The van der Waals surface area contributed by atoms with Gasteiger partial charge in [-0.15, -0.1) is 0 Å². The topological polar surface area (TPSA) is 115 Å². The predicted octanol–water partition coefficient (Wildman–Crippen LogP) is -0.0109. The Morgan fingerprint density at radius 2 is 2.00 bits per heavy atom. The van der Waals surface area contributed by atoms with Gasteiger partial charge in [0.25, 0.3) is 5.69 Å². The van der Waals surface area contributed by atoms with Crippen LogP contribution in [-0.4, -0.2) is 51.5 Å². The minimum atomic E-state index is -0.509. The van der Waals surface area contributed by atoms with Crippen molar-refractivity contribution in [3.63, 3.8) is 0 Å². The summed E-state index contributed by atoms with van der Waals surface area (Å²) >= 11 is 0.903. The molecular weight excluding hydrogens is 322 g/mol. The Hall–Kier alpha value is -2.30. The van der Waals surface area contributed by atoms with E-state index in [0.717, 1.165) is 11.3 Å². The first-order valence-corrected chi connectivity index (χ1v) is 7.82. The maximum Gasteiger partial charge on any atom is 0.308 e. The number of fused-ring (bicyclic) bond motifs is 1. The Morgan fingerprint density at radius 1 is 1.30 bits per heavy atom. The SMILES string of the molecule is NN1CCN(C(=O)Cn2c(=O)sc3cc([N+](=O)[O-])ccc32)CC1. The summed E-state index contributed by atoms with van der Waals surface area (Å²) in [6, 6.07) is 4.20. The number of carbonyl (C=O) groups excluding carboxylic acids is 1.